The molecule has 1 aliphatic rings. The predicted octanol–water partition coefficient (Wildman–Crippen LogP) is 3.04. The number of hydrogen-bond acceptors (Lipinski definition) is 4. The first-order chi connectivity index (χ1) is 12.3. The van der Waals surface area contributed by atoms with E-state index in [2.05, 4.69) is 10.6 Å². The lowest BCUT2D eigenvalue weighted by molar-refractivity contribution is -0.183. The number of benzene rings is 1. The SMILES string of the molecule is Cc1c(C(=O)NCC(N2CCNCC2)C(F)(F)F)oc2c(C)cccc12.Cl. The highest BCUT2D eigenvalue weighted by Gasteiger charge is 2.44. The second-order valence-corrected chi connectivity index (χ2v) is 6.56. The van der Waals surface area contributed by atoms with Crippen LogP contribution < -0.4 is 10.6 Å². The van der Waals surface area contributed by atoms with Gasteiger partial charge in [-0.25, -0.2) is 0 Å². The number of fused-ring (bicyclic) bond motifs is 1. The molecule has 1 saturated heterocycles. The van der Waals surface area contributed by atoms with Crippen LogP contribution in [0.25, 0.3) is 11.0 Å². The number of furan rings is 1. The Morgan fingerprint density at radius 1 is 1.30 bits per heavy atom. The van der Waals surface area contributed by atoms with Gasteiger partial charge in [0.25, 0.3) is 5.91 Å². The van der Waals surface area contributed by atoms with E-state index in [4.69, 9.17) is 4.42 Å². The Kier molecular flexibility index (Phi) is 6.77. The number of amides is 1. The minimum atomic E-state index is -4.41. The molecule has 9 heteroatoms. The maximum atomic E-state index is 13.4. The number of halogens is 4. The Bertz CT molecular complexity index is 801. The molecular formula is C18H23ClF3N3O2. The predicted molar refractivity (Wildman–Crippen MR) is 99.6 cm³/mol. The van der Waals surface area contributed by atoms with Gasteiger partial charge in [-0.1, -0.05) is 18.2 Å². The summed E-state index contributed by atoms with van der Waals surface area (Å²) >= 11 is 0. The third-order valence-electron chi connectivity index (χ3n) is 4.79. The molecule has 1 aromatic heterocycles. The minimum Gasteiger partial charge on any atom is -0.450 e. The largest absolute Gasteiger partial charge is 0.450 e. The zero-order chi connectivity index (χ0) is 18.9. The Balaban J connectivity index is 0.00000261. The van der Waals surface area contributed by atoms with E-state index in [1.807, 2.05) is 25.1 Å². The highest BCUT2D eigenvalue weighted by atomic mass is 35.5. The van der Waals surface area contributed by atoms with Crippen molar-refractivity contribution in [1.82, 2.24) is 15.5 Å². The summed E-state index contributed by atoms with van der Waals surface area (Å²) in [5.41, 5.74) is 2.09. The Labute approximate surface area is 161 Å². The van der Waals surface area contributed by atoms with Gasteiger partial charge in [0, 0.05) is 43.7 Å². The first kappa shape index (κ1) is 21.5. The molecule has 0 saturated carbocycles. The highest BCUT2D eigenvalue weighted by molar-refractivity contribution is 5.99. The molecule has 2 aromatic rings. The quantitative estimate of drug-likeness (QED) is 0.821. The summed E-state index contributed by atoms with van der Waals surface area (Å²) in [5.74, 6) is -0.557. The zero-order valence-electron chi connectivity index (χ0n) is 15.2. The molecule has 2 heterocycles. The summed E-state index contributed by atoms with van der Waals surface area (Å²) in [5, 5.41) is 6.23. The fourth-order valence-electron chi connectivity index (χ4n) is 3.32. The van der Waals surface area contributed by atoms with Crippen LogP contribution in [0.5, 0.6) is 0 Å². The van der Waals surface area contributed by atoms with Gasteiger partial charge in [-0.05, 0) is 19.4 Å². The van der Waals surface area contributed by atoms with Crippen LogP contribution in [0.4, 0.5) is 13.2 Å². The normalized spacial score (nSPS) is 16.8. The van der Waals surface area contributed by atoms with Gasteiger partial charge >= 0.3 is 6.18 Å². The van der Waals surface area contributed by atoms with E-state index < -0.39 is 24.7 Å². The van der Waals surface area contributed by atoms with Crippen LogP contribution in [0.1, 0.15) is 21.7 Å². The summed E-state index contributed by atoms with van der Waals surface area (Å²) in [4.78, 5) is 13.8. The van der Waals surface area contributed by atoms with E-state index in [1.165, 1.54) is 4.90 Å². The minimum absolute atomic E-state index is 0. The second kappa shape index (κ2) is 8.50. The summed E-state index contributed by atoms with van der Waals surface area (Å²) in [6, 6.07) is 3.83. The van der Waals surface area contributed by atoms with Gasteiger partial charge in [0.2, 0.25) is 0 Å². The average Bonchev–Trinajstić information content (AvgIpc) is 2.93. The summed E-state index contributed by atoms with van der Waals surface area (Å²) in [6.07, 6.45) is -4.41. The highest BCUT2D eigenvalue weighted by Crippen LogP contribution is 2.28. The molecule has 0 bridgehead atoms. The fraction of sp³-hybridized carbons (Fsp3) is 0.500. The maximum absolute atomic E-state index is 13.4. The average molecular weight is 406 g/mol. The van der Waals surface area contributed by atoms with E-state index in [0.717, 1.165) is 10.9 Å². The standard InChI is InChI=1S/C18H22F3N3O2.ClH/c1-11-4-3-5-13-12(2)16(26-15(11)13)17(25)23-10-14(18(19,20)21)24-8-6-22-7-9-24;/h3-5,14,22H,6-10H2,1-2H3,(H,23,25);1H. The summed E-state index contributed by atoms with van der Waals surface area (Å²) < 4.78 is 45.9. The number of nitrogens with one attached hydrogen (secondary N) is 2. The van der Waals surface area contributed by atoms with Crippen LogP contribution in [-0.2, 0) is 0 Å². The van der Waals surface area contributed by atoms with E-state index in [0.29, 0.717) is 37.3 Å². The van der Waals surface area contributed by atoms with Crippen molar-refractivity contribution in [2.24, 2.45) is 0 Å². The number of carbonyl (C=O) groups excluding carboxylic acids is 1. The number of nitrogens with zero attached hydrogens (tertiary/aromatic N) is 1. The van der Waals surface area contributed by atoms with Gasteiger partial charge in [0.05, 0.1) is 0 Å². The van der Waals surface area contributed by atoms with Crippen molar-refractivity contribution in [1.29, 1.82) is 0 Å². The molecule has 2 N–H and O–H groups in total. The molecule has 27 heavy (non-hydrogen) atoms. The van der Waals surface area contributed by atoms with Gasteiger partial charge in [-0.3, -0.25) is 9.69 Å². The van der Waals surface area contributed by atoms with Crippen molar-refractivity contribution < 1.29 is 22.4 Å². The second-order valence-electron chi connectivity index (χ2n) is 6.56. The van der Waals surface area contributed by atoms with Crippen LogP contribution in [0, 0.1) is 13.8 Å². The lowest BCUT2D eigenvalue weighted by Crippen LogP contribution is -2.57. The molecule has 1 amide bonds. The third kappa shape index (κ3) is 4.56. The molecule has 1 aromatic carbocycles. The van der Waals surface area contributed by atoms with Crippen molar-refractivity contribution in [2.45, 2.75) is 26.1 Å². The van der Waals surface area contributed by atoms with Crippen molar-refractivity contribution in [3.8, 4) is 0 Å². The molecule has 150 valence electrons. The number of para-hydroxylation sites is 1. The maximum Gasteiger partial charge on any atom is 0.405 e. The smallest absolute Gasteiger partial charge is 0.405 e. The topological polar surface area (TPSA) is 57.5 Å². The first-order valence-electron chi connectivity index (χ1n) is 8.57. The van der Waals surface area contributed by atoms with E-state index in [-0.39, 0.29) is 18.2 Å². The number of aryl methyl sites for hydroxylation is 2. The van der Waals surface area contributed by atoms with E-state index in [1.54, 1.807) is 6.92 Å². The van der Waals surface area contributed by atoms with Gasteiger partial charge < -0.3 is 15.1 Å². The summed E-state index contributed by atoms with van der Waals surface area (Å²) in [7, 11) is 0. The van der Waals surface area contributed by atoms with Crippen LogP contribution in [0.3, 0.4) is 0 Å². The number of piperazine rings is 1. The van der Waals surface area contributed by atoms with Gasteiger partial charge in [-0.2, -0.15) is 13.2 Å². The van der Waals surface area contributed by atoms with Crippen molar-refractivity contribution in [3.63, 3.8) is 0 Å². The van der Waals surface area contributed by atoms with Crippen LogP contribution in [-0.4, -0.2) is 55.7 Å². The number of rotatable bonds is 4. The van der Waals surface area contributed by atoms with Crippen LogP contribution in [0.15, 0.2) is 22.6 Å². The van der Waals surface area contributed by atoms with Crippen molar-refractivity contribution >= 4 is 29.3 Å². The molecule has 0 radical (unpaired) electrons. The van der Waals surface area contributed by atoms with Gasteiger partial charge in [-0.15, -0.1) is 12.4 Å². The molecule has 0 spiro atoms. The van der Waals surface area contributed by atoms with Gasteiger partial charge in [0.15, 0.2) is 5.76 Å². The van der Waals surface area contributed by atoms with Crippen molar-refractivity contribution in [3.05, 3.63) is 35.1 Å². The lowest BCUT2D eigenvalue weighted by Gasteiger charge is -2.35. The van der Waals surface area contributed by atoms with E-state index >= 15 is 0 Å². The van der Waals surface area contributed by atoms with Crippen LogP contribution in [0.2, 0.25) is 0 Å². The molecule has 1 aliphatic heterocycles. The van der Waals surface area contributed by atoms with Gasteiger partial charge in [0.1, 0.15) is 11.6 Å². The number of carbonyl (C=O) groups is 1. The first-order valence-corrected chi connectivity index (χ1v) is 8.57. The molecule has 0 aliphatic carbocycles. The zero-order valence-corrected chi connectivity index (χ0v) is 16.0. The molecule has 1 atom stereocenters. The lowest BCUT2D eigenvalue weighted by atomic mass is 10.1. The van der Waals surface area contributed by atoms with E-state index in [9.17, 15) is 18.0 Å². The molecular weight excluding hydrogens is 383 g/mol. The Hall–Kier alpha value is -1.77. The molecule has 3 rings (SSSR count). The molecule has 1 unspecified atom stereocenters. The summed E-state index contributed by atoms with van der Waals surface area (Å²) in [6.45, 7) is 4.68. The number of hydrogen-bond donors (Lipinski definition) is 2. The monoisotopic (exact) mass is 405 g/mol. The molecule has 1 fully saturated rings. The number of alkyl halides is 3. The Morgan fingerprint density at radius 2 is 1.96 bits per heavy atom. The fourth-order valence-corrected chi connectivity index (χ4v) is 3.32. The third-order valence-corrected chi connectivity index (χ3v) is 4.79. The van der Waals surface area contributed by atoms with Crippen LogP contribution >= 0.6 is 12.4 Å². The Morgan fingerprint density at radius 3 is 2.56 bits per heavy atom. The van der Waals surface area contributed by atoms with Crippen molar-refractivity contribution in [2.75, 3.05) is 32.7 Å². The molecule has 5 nitrogen and oxygen atoms in total.